The molecule has 1 amide bonds. The molecule has 156 valence electrons. The predicted octanol–water partition coefficient (Wildman–Crippen LogP) is 3.64. The summed E-state index contributed by atoms with van der Waals surface area (Å²) in [7, 11) is 0. The van der Waals surface area contributed by atoms with Gasteiger partial charge in [0.15, 0.2) is 18.3 Å². The smallest absolute Gasteiger partial charge is 0.307 e. The Kier molecular flexibility index (Phi) is 6.14. The van der Waals surface area contributed by atoms with E-state index in [1.807, 2.05) is 0 Å². The highest BCUT2D eigenvalue weighted by atomic mass is 19.1. The first-order chi connectivity index (χ1) is 13.8. The van der Waals surface area contributed by atoms with Gasteiger partial charge in [0.05, 0.1) is 28.9 Å². The van der Waals surface area contributed by atoms with Crippen LogP contribution in [-0.2, 0) is 16.3 Å². The van der Waals surface area contributed by atoms with Gasteiger partial charge in [-0.3, -0.25) is 9.59 Å². The lowest BCUT2D eigenvalue weighted by Gasteiger charge is -2.27. The zero-order valence-electron chi connectivity index (χ0n) is 16.2. The number of benzene rings is 1. The maximum absolute atomic E-state index is 13.7. The molecular formula is C20H23F2N3O4. The largest absolute Gasteiger partial charge is 0.481 e. The third kappa shape index (κ3) is 4.55. The molecule has 7 nitrogen and oxygen atoms in total. The van der Waals surface area contributed by atoms with Crippen molar-refractivity contribution in [1.29, 1.82) is 0 Å². The Morgan fingerprint density at radius 2 is 1.93 bits per heavy atom. The van der Waals surface area contributed by atoms with Crippen LogP contribution < -0.4 is 10.1 Å². The molecule has 2 atom stereocenters. The first kappa shape index (κ1) is 20.8. The van der Waals surface area contributed by atoms with Crippen LogP contribution >= 0.6 is 0 Å². The number of aromatic nitrogens is 2. The van der Waals surface area contributed by atoms with Gasteiger partial charge in [-0.1, -0.05) is 12.8 Å². The lowest BCUT2D eigenvalue weighted by Crippen LogP contribution is -2.36. The minimum atomic E-state index is -0.955. The van der Waals surface area contributed by atoms with Gasteiger partial charge in [0.25, 0.3) is 0 Å². The van der Waals surface area contributed by atoms with Crippen molar-refractivity contribution < 1.29 is 28.2 Å². The van der Waals surface area contributed by atoms with E-state index in [4.69, 9.17) is 4.74 Å². The molecule has 1 saturated carbocycles. The maximum atomic E-state index is 13.7. The molecule has 0 aliphatic heterocycles. The number of nitrogens with one attached hydrogen (secondary N) is 1. The van der Waals surface area contributed by atoms with Crippen LogP contribution in [0.25, 0.3) is 0 Å². The Morgan fingerprint density at radius 3 is 2.59 bits per heavy atom. The molecule has 9 heteroatoms. The summed E-state index contributed by atoms with van der Waals surface area (Å²) in [6.45, 7) is 3.29. The second-order valence-corrected chi connectivity index (χ2v) is 7.22. The number of ether oxygens (including phenoxy) is 1. The number of hydrogen-bond acceptors (Lipinski definition) is 4. The lowest BCUT2D eigenvalue weighted by molar-refractivity contribution is -0.147. The average Bonchev–Trinajstić information content (AvgIpc) is 2.94. The Hall–Kier alpha value is -2.97. The molecule has 2 N–H and O–H groups in total. The second-order valence-electron chi connectivity index (χ2n) is 7.22. The lowest BCUT2D eigenvalue weighted by atomic mass is 9.78. The molecule has 1 aromatic heterocycles. The molecular weight excluding hydrogens is 384 g/mol. The maximum Gasteiger partial charge on any atom is 0.307 e. The van der Waals surface area contributed by atoms with Crippen molar-refractivity contribution in [2.24, 2.45) is 11.8 Å². The molecule has 0 spiro atoms. The second kappa shape index (κ2) is 8.59. The van der Waals surface area contributed by atoms with Crippen LogP contribution in [0.1, 0.15) is 37.1 Å². The van der Waals surface area contributed by atoms with Crippen LogP contribution in [0, 0.1) is 37.3 Å². The number of aryl methyl sites for hydroxylation is 1. The monoisotopic (exact) mass is 407 g/mol. The van der Waals surface area contributed by atoms with Crippen molar-refractivity contribution in [3.05, 3.63) is 41.2 Å². The SMILES string of the molecule is Cc1nn(COc2ccc(F)cc2F)c(C)c1NC(=O)C1CCCCC1C(=O)O. The predicted molar refractivity (Wildman–Crippen MR) is 100 cm³/mol. The number of halogens is 2. The molecule has 1 aliphatic rings. The zero-order chi connectivity index (χ0) is 21.1. The molecule has 1 heterocycles. The number of aliphatic carboxylic acids is 1. The fourth-order valence-electron chi connectivity index (χ4n) is 3.68. The number of amides is 1. The van der Waals surface area contributed by atoms with Crippen LogP contribution in [-0.4, -0.2) is 26.8 Å². The molecule has 0 radical (unpaired) electrons. The molecule has 29 heavy (non-hydrogen) atoms. The number of carbonyl (C=O) groups is 2. The van der Waals surface area contributed by atoms with Crippen LogP contribution in [0.2, 0.25) is 0 Å². The summed E-state index contributed by atoms with van der Waals surface area (Å²) in [5, 5.41) is 16.5. The van der Waals surface area contributed by atoms with Gasteiger partial charge in [0, 0.05) is 6.07 Å². The van der Waals surface area contributed by atoms with Gasteiger partial charge >= 0.3 is 5.97 Å². The van der Waals surface area contributed by atoms with Crippen molar-refractivity contribution in [3.8, 4) is 5.75 Å². The molecule has 1 fully saturated rings. The van der Waals surface area contributed by atoms with Gasteiger partial charge in [-0.15, -0.1) is 0 Å². The minimum Gasteiger partial charge on any atom is -0.481 e. The molecule has 3 rings (SSSR count). The first-order valence-corrected chi connectivity index (χ1v) is 9.43. The van der Waals surface area contributed by atoms with Crippen LogP contribution in [0.5, 0.6) is 5.75 Å². The van der Waals surface area contributed by atoms with Gasteiger partial charge in [0.1, 0.15) is 5.82 Å². The van der Waals surface area contributed by atoms with E-state index in [-0.39, 0.29) is 18.4 Å². The van der Waals surface area contributed by atoms with Gasteiger partial charge < -0.3 is 15.2 Å². The molecule has 2 unspecified atom stereocenters. The van der Waals surface area contributed by atoms with E-state index in [2.05, 4.69) is 10.4 Å². The number of hydrogen-bond donors (Lipinski definition) is 2. The Labute approximate surface area is 166 Å². The standard InChI is InChI=1S/C20H23F2N3O4/c1-11-18(23-19(26)14-5-3-4-6-15(14)20(27)28)12(2)25(24-11)10-29-17-8-7-13(21)9-16(17)22/h7-9,14-15H,3-6,10H2,1-2H3,(H,23,26)(H,27,28). The third-order valence-electron chi connectivity index (χ3n) is 5.29. The highest BCUT2D eigenvalue weighted by Crippen LogP contribution is 2.32. The van der Waals surface area contributed by atoms with Crippen molar-refractivity contribution in [1.82, 2.24) is 9.78 Å². The van der Waals surface area contributed by atoms with E-state index in [0.717, 1.165) is 25.0 Å². The molecule has 0 bridgehead atoms. The summed E-state index contributed by atoms with van der Waals surface area (Å²) < 4.78 is 33.5. The van der Waals surface area contributed by atoms with Crippen molar-refractivity contribution in [2.75, 3.05) is 5.32 Å². The van der Waals surface area contributed by atoms with Crippen LogP contribution in [0.3, 0.4) is 0 Å². The van der Waals surface area contributed by atoms with E-state index >= 15 is 0 Å². The highest BCUT2D eigenvalue weighted by molar-refractivity contribution is 5.96. The fourth-order valence-corrected chi connectivity index (χ4v) is 3.68. The van der Waals surface area contributed by atoms with E-state index in [9.17, 15) is 23.5 Å². The number of carboxylic acid groups (broad SMARTS) is 1. The summed E-state index contributed by atoms with van der Waals surface area (Å²) in [5.41, 5.74) is 1.59. The fraction of sp³-hybridized carbons (Fsp3) is 0.450. The number of rotatable bonds is 6. The van der Waals surface area contributed by atoms with Crippen LogP contribution in [0.4, 0.5) is 14.5 Å². The van der Waals surface area contributed by atoms with Gasteiger partial charge in [-0.25, -0.2) is 13.5 Å². The number of anilines is 1. The summed E-state index contributed by atoms with van der Waals surface area (Å²) in [4.78, 5) is 24.2. The van der Waals surface area contributed by atoms with Crippen molar-refractivity contribution in [3.63, 3.8) is 0 Å². The summed E-state index contributed by atoms with van der Waals surface area (Å²) >= 11 is 0. The van der Waals surface area contributed by atoms with E-state index in [1.165, 1.54) is 10.7 Å². The van der Waals surface area contributed by atoms with Gasteiger partial charge in [-0.05, 0) is 38.8 Å². The van der Waals surface area contributed by atoms with E-state index < -0.39 is 29.4 Å². The normalized spacial score (nSPS) is 19.0. The number of nitrogens with zero attached hydrogens (tertiary/aromatic N) is 2. The number of carboxylic acids is 1. The summed E-state index contributed by atoms with van der Waals surface area (Å²) in [6.07, 6.45) is 2.63. The Balaban J connectivity index is 1.71. The average molecular weight is 407 g/mol. The topological polar surface area (TPSA) is 93.5 Å². The van der Waals surface area contributed by atoms with E-state index in [1.54, 1.807) is 13.8 Å². The third-order valence-corrected chi connectivity index (χ3v) is 5.29. The Bertz CT molecular complexity index is 929. The quantitative estimate of drug-likeness (QED) is 0.763. The zero-order valence-corrected chi connectivity index (χ0v) is 16.2. The first-order valence-electron chi connectivity index (χ1n) is 9.43. The molecule has 1 aromatic carbocycles. The van der Waals surface area contributed by atoms with Gasteiger partial charge in [0.2, 0.25) is 5.91 Å². The molecule has 2 aromatic rings. The minimum absolute atomic E-state index is 0.115. The Morgan fingerprint density at radius 1 is 1.24 bits per heavy atom. The molecule has 0 saturated heterocycles. The molecule has 1 aliphatic carbocycles. The highest BCUT2D eigenvalue weighted by Gasteiger charge is 2.36. The van der Waals surface area contributed by atoms with Crippen molar-refractivity contribution in [2.45, 2.75) is 46.3 Å². The van der Waals surface area contributed by atoms with Gasteiger partial charge in [-0.2, -0.15) is 5.10 Å². The summed E-state index contributed by atoms with van der Waals surface area (Å²) in [6, 6.07) is 3.01. The summed E-state index contributed by atoms with van der Waals surface area (Å²) in [5.74, 6) is -4.21. The van der Waals surface area contributed by atoms with Crippen LogP contribution in [0.15, 0.2) is 18.2 Å². The number of carbonyl (C=O) groups excluding carboxylic acids is 1. The van der Waals surface area contributed by atoms with Crippen molar-refractivity contribution >= 4 is 17.6 Å². The van der Waals surface area contributed by atoms with E-state index in [0.29, 0.717) is 29.9 Å².